The third-order valence-electron chi connectivity index (χ3n) is 5.43. The largest absolute Gasteiger partial charge is 0.381 e. The Kier molecular flexibility index (Phi) is 6.74. The number of aryl methyl sites for hydroxylation is 1. The van der Waals surface area contributed by atoms with Gasteiger partial charge < -0.3 is 10.4 Å². The summed E-state index contributed by atoms with van der Waals surface area (Å²) in [5, 5.41) is 19.5. The van der Waals surface area contributed by atoms with Crippen LogP contribution in [0.4, 0.5) is 8.78 Å². The van der Waals surface area contributed by atoms with Crippen molar-refractivity contribution in [2.75, 3.05) is 0 Å². The maximum Gasteiger partial charge on any atom is 0.271 e. The molecular formula is C23H20ClF2N5O2S. The third-order valence-corrected chi connectivity index (χ3v) is 6.71. The third kappa shape index (κ3) is 4.84. The maximum atomic E-state index is 14.7. The molecule has 4 rings (SSSR count). The molecule has 0 unspecified atom stereocenters. The molecule has 0 fully saturated rings. The highest BCUT2D eigenvalue weighted by Gasteiger charge is 2.40. The molecule has 0 aliphatic carbocycles. The lowest BCUT2D eigenvalue weighted by atomic mass is 9.86. The number of aliphatic hydroxyl groups is 1. The van der Waals surface area contributed by atoms with E-state index in [1.165, 1.54) is 35.6 Å². The molecule has 0 spiro atoms. The van der Waals surface area contributed by atoms with Crippen molar-refractivity contribution in [1.29, 1.82) is 0 Å². The zero-order chi connectivity index (χ0) is 24.5. The number of nitrogens with one attached hydrogen (secondary N) is 1. The molecule has 1 amide bonds. The Morgan fingerprint density at radius 2 is 2.00 bits per heavy atom. The van der Waals surface area contributed by atoms with Crippen molar-refractivity contribution in [3.63, 3.8) is 0 Å². The summed E-state index contributed by atoms with van der Waals surface area (Å²) in [4.78, 5) is 22.1. The van der Waals surface area contributed by atoms with Crippen LogP contribution < -0.4 is 5.32 Å². The minimum absolute atomic E-state index is 0.185. The van der Waals surface area contributed by atoms with Gasteiger partial charge >= 0.3 is 0 Å². The van der Waals surface area contributed by atoms with Crippen LogP contribution in [0.5, 0.6) is 0 Å². The van der Waals surface area contributed by atoms with Crippen molar-refractivity contribution in [2.24, 2.45) is 0 Å². The average molecular weight is 504 g/mol. The minimum atomic E-state index is -1.97. The van der Waals surface area contributed by atoms with Crippen LogP contribution in [-0.2, 0) is 12.1 Å². The molecule has 0 bridgehead atoms. The van der Waals surface area contributed by atoms with E-state index < -0.39 is 29.2 Å². The predicted molar refractivity (Wildman–Crippen MR) is 125 cm³/mol. The van der Waals surface area contributed by atoms with Gasteiger partial charge in [-0.25, -0.2) is 23.4 Å². The van der Waals surface area contributed by atoms with Crippen LogP contribution in [0.15, 0.2) is 55.1 Å². The van der Waals surface area contributed by atoms with Crippen LogP contribution in [-0.4, -0.2) is 36.8 Å². The van der Waals surface area contributed by atoms with E-state index in [0.29, 0.717) is 21.0 Å². The highest BCUT2D eigenvalue weighted by atomic mass is 35.5. The summed E-state index contributed by atoms with van der Waals surface area (Å²) in [6.07, 6.45) is 2.62. The van der Waals surface area contributed by atoms with E-state index in [9.17, 15) is 18.7 Å². The van der Waals surface area contributed by atoms with Gasteiger partial charge in [0, 0.05) is 27.1 Å². The summed E-state index contributed by atoms with van der Waals surface area (Å²) in [6, 6.07) is 8.94. The fourth-order valence-corrected chi connectivity index (χ4v) is 4.61. The van der Waals surface area contributed by atoms with Gasteiger partial charge in [-0.15, -0.1) is 11.3 Å². The smallest absolute Gasteiger partial charge is 0.271 e. The summed E-state index contributed by atoms with van der Waals surface area (Å²) in [5.74, 6) is -2.27. The quantitative estimate of drug-likeness (QED) is 0.391. The number of aromatic nitrogens is 4. The molecule has 0 radical (unpaired) electrons. The van der Waals surface area contributed by atoms with E-state index in [1.54, 1.807) is 31.2 Å². The molecule has 176 valence electrons. The van der Waals surface area contributed by atoms with Gasteiger partial charge in [0.1, 0.15) is 40.6 Å². The number of benzene rings is 2. The van der Waals surface area contributed by atoms with Crippen molar-refractivity contribution >= 4 is 28.8 Å². The van der Waals surface area contributed by atoms with Crippen LogP contribution in [0, 0.1) is 18.6 Å². The lowest BCUT2D eigenvalue weighted by Crippen LogP contribution is -2.52. The number of hydrogen-bond acceptors (Lipinski definition) is 6. The Labute approximate surface area is 203 Å². The lowest BCUT2D eigenvalue weighted by Gasteiger charge is -2.35. The second-order valence-corrected chi connectivity index (χ2v) is 9.41. The average Bonchev–Trinajstić information content (AvgIpc) is 3.43. The van der Waals surface area contributed by atoms with Gasteiger partial charge in [0.15, 0.2) is 0 Å². The Bertz CT molecular complexity index is 1310. The van der Waals surface area contributed by atoms with Crippen molar-refractivity contribution in [3.05, 3.63) is 87.9 Å². The summed E-state index contributed by atoms with van der Waals surface area (Å²) in [6.45, 7) is 3.06. The number of hydrogen-bond donors (Lipinski definition) is 2. The number of carbonyl (C=O) groups is 1. The van der Waals surface area contributed by atoms with Gasteiger partial charge in [-0.2, -0.15) is 5.10 Å². The van der Waals surface area contributed by atoms with Gasteiger partial charge in [-0.1, -0.05) is 29.8 Å². The summed E-state index contributed by atoms with van der Waals surface area (Å²) in [5.41, 5.74) is -1.16. The monoisotopic (exact) mass is 503 g/mol. The fourth-order valence-electron chi connectivity index (χ4n) is 3.56. The molecule has 2 N–H and O–H groups in total. The molecular weight excluding hydrogens is 484 g/mol. The highest BCUT2D eigenvalue weighted by Crippen LogP contribution is 2.32. The number of carbonyl (C=O) groups excluding carboxylic acids is 1. The number of thiazole rings is 1. The van der Waals surface area contributed by atoms with Crippen molar-refractivity contribution in [1.82, 2.24) is 25.1 Å². The van der Waals surface area contributed by atoms with E-state index in [1.807, 2.05) is 0 Å². The topological polar surface area (TPSA) is 92.9 Å². The molecule has 2 aromatic carbocycles. The van der Waals surface area contributed by atoms with Crippen LogP contribution in [0.2, 0.25) is 5.02 Å². The van der Waals surface area contributed by atoms with Gasteiger partial charge in [0.2, 0.25) is 0 Å². The molecule has 2 heterocycles. The van der Waals surface area contributed by atoms with Crippen LogP contribution in [0.1, 0.15) is 27.9 Å². The zero-order valence-corrected chi connectivity index (χ0v) is 19.7. The number of amides is 1. The summed E-state index contributed by atoms with van der Waals surface area (Å²) >= 11 is 7.28. The van der Waals surface area contributed by atoms with E-state index in [-0.39, 0.29) is 17.8 Å². The van der Waals surface area contributed by atoms with Crippen molar-refractivity contribution in [2.45, 2.75) is 32.0 Å². The summed E-state index contributed by atoms with van der Waals surface area (Å²) < 4.78 is 29.5. The minimum Gasteiger partial charge on any atom is -0.381 e. The normalized spacial score (nSPS) is 13.9. The molecule has 11 heteroatoms. The van der Waals surface area contributed by atoms with Crippen LogP contribution in [0.3, 0.4) is 0 Å². The Hall–Kier alpha value is -3.21. The Morgan fingerprint density at radius 3 is 2.65 bits per heavy atom. The zero-order valence-electron chi connectivity index (χ0n) is 18.2. The van der Waals surface area contributed by atoms with E-state index in [4.69, 9.17) is 11.6 Å². The molecule has 0 aliphatic rings. The molecule has 0 aliphatic heterocycles. The van der Waals surface area contributed by atoms with E-state index in [0.717, 1.165) is 17.7 Å². The lowest BCUT2D eigenvalue weighted by molar-refractivity contribution is -0.0186. The van der Waals surface area contributed by atoms with Gasteiger partial charge in [0.25, 0.3) is 5.91 Å². The molecule has 7 nitrogen and oxygen atoms in total. The van der Waals surface area contributed by atoms with E-state index in [2.05, 4.69) is 20.4 Å². The first kappa shape index (κ1) is 23.9. The molecule has 2 atom stereocenters. The number of nitrogens with zero attached hydrogens (tertiary/aromatic N) is 4. The Morgan fingerprint density at radius 1 is 1.26 bits per heavy atom. The second-order valence-electron chi connectivity index (χ2n) is 7.77. The molecule has 0 saturated heterocycles. The Balaban J connectivity index is 1.63. The molecule has 34 heavy (non-hydrogen) atoms. The second kappa shape index (κ2) is 9.57. The van der Waals surface area contributed by atoms with Crippen molar-refractivity contribution < 1.29 is 18.7 Å². The van der Waals surface area contributed by atoms with Gasteiger partial charge in [-0.3, -0.25) is 4.79 Å². The highest BCUT2D eigenvalue weighted by molar-refractivity contribution is 7.15. The number of halogens is 3. The molecule has 4 aromatic rings. The van der Waals surface area contributed by atoms with Gasteiger partial charge in [-0.05, 0) is 32.0 Å². The SMILES string of the molecule is Cc1sc(-c2ccc(Cl)cc2)nc1C(=O)N[C@H](C)[C@](O)(Cn1cncn1)c1ccc(F)cc1F. The van der Waals surface area contributed by atoms with Gasteiger partial charge in [0.05, 0.1) is 12.6 Å². The summed E-state index contributed by atoms with van der Waals surface area (Å²) in [7, 11) is 0. The first-order valence-electron chi connectivity index (χ1n) is 10.2. The fraction of sp³-hybridized carbons (Fsp3) is 0.217. The van der Waals surface area contributed by atoms with Crippen molar-refractivity contribution in [3.8, 4) is 10.6 Å². The predicted octanol–water partition coefficient (Wildman–Crippen LogP) is 4.35. The molecule has 0 saturated carbocycles. The van der Waals surface area contributed by atoms with Crippen LogP contribution >= 0.6 is 22.9 Å². The molecule has 2 aromatic heterocycles. The maximum absolute atomic E-state index is 14.7. The van der Waals surface area contributed by atoms with E-state index >= 15 is 0 Å². The first-order valence-corrected chi connectivity index (χ1v) is 11.4. The van der Waals surface area contributed by atoms with Crippen LogP contribution in [0.25, 0.3) is 10.6 Å². The first-order chi connectivity index (χ1) is 16.2. The number of rotatable bonds is 7. The standard InChI is InChI=1S/C23H20ClF2N5O2S/c1-13-20(30-22(34-13)15-3-5-16(24)6-4-15)21(32)29-14(2)23(33,10-31-12-27-11-28-31)18-8-7-17(25)9-19(18)26/h3-9,11-12,14,33H,10H2,1-2H3,(H,29,32)/t14-,23-/m1/s1.